The van der Waals surface area contributed by atoms with E-state index in [9.17, 15) is 9.59 Å². The second-order valence-corrected chi connectivity index (χ2v) is 7.07. The third-order valence-electron chi connectivity index (χ3n) is 4.88. The van der Waals surface area contributed by atoms with Gasteiger partial charge in [0.15, 0.2) is 5.78 Å². The number of amides is 2. The van der Waals surface area contributed by atoms with Crippen molar-refractivity contribution < 1.29 is 14.3 Å². The first-order valence-corrected chi connectivity index (χ1v) is 10.1. The lowest BCUT2D eigenvalue weighted by Gasteiger charge is -2.30. The summed E-state index contributed by atoms with van der Waals surface area (Å²) in [5, 5.41) is 2.96. The summed E-state index contributed by atoms with van der Waals surface area (Å²) in [6, 6.07) is 7.02. The van der Waals surface area contributed by atoms with Gasteiger partial charge in [0.05, 0.1) is 13.2 Å². The second kappa shape index (κ2) is 11.7. The van der Waals surface area contributed by atoms with Crippen LogP contribution >= 0.6 is 0 Å². The number of Topliss-reactive ketones (excluding diaryl/α,β-unsaturated/α-hetero) is 1. The summed E-state index contributed by atoms with van der Waals surface area (Å²) in [7, 11) is 0. The Balaban J connectivity index is 1.93. The lowest BCUT2D eigenvalue weighted by molar-refractivity contribution is 0.0351. The van der Waals surface area contributed by atoms with Gasteiger partial charge in [0, 0.05) is 44.0 Å². The Labute approximate surface area is 162 Å². The number of carbonyl (C=O) groups excluding carboxylic acids is 2. The molecule has 6 heteroatoms. The maximum Gasteiger partial charge on any atom is 0.321 e. The third-order valence-corrected chi connectivity index (χ3v) is 4.88. The van der Waals surface area contributed by atoms with Gasteiger partial charge < -0.3 is 15.0 Å². The van der Waals surface area contributed by atoms with E-state index < -0.39 is 0 Å². The predicted octanol–water partition coefficient (Wildman–Crippen LogP) is 3.64. The minimum Gasteiger partial charge on any atom is -0.379 e. The largest absolute Gasteiger partial charge is 0.379 e. The summed E-state index contributed by atoms with van der Waals surface area (Å²) in [6.07, 6.45) is 4.52. The molecule has 27 heavy (non-hydrogen) atoms. The summed E-state index contributed by atoms with van der Waals surface area (Å²) in [6.45, 7) is 9.40. The van der Waals surface area contributed by atoms with Gasteiger partial charge in [-0.25, -0.2) is 4.79 Å². The fraction of sp³-hybridized carbons (Fsp3) is 0.619. The van der Waals surface area contributed by atoms with Gasteiger partial charge >= 0.3 is 6.03 Å². The summed E-state index contributed by atoms with van der Waals surface area (Å²) in [4.78, 5) is 28.6. The third kappa shape index (κ3) is 7.69. The van der Waals surface area contributed by atoms with Gasteiger partial charge in [-0.1, -0.05) is 38.3 Å². The Morgan fingerprint density at radius 2 is 1.93 bits per heavy atom. The fourth-order valence-corrected chi connectivity index (χ4v) is 3.15. The number of anilines is 1. The van der Waals surface area contributed by atoms with E-state index in [0.29, 0.717) is 17.8 Å². The van der Waals surface area contributed by atoms with Crippen LogP contribution in [0.4, 0.5) is 10.5 Å². The average molecular weight is 376 g/mol. The van der Waals surface area contributed by atoms with Gasteiger partial charge in [0.1, 0.15) is 0 Å². The Kier molecular flexibility index (Phi) is 9.28. The first kappa shape index (κ1) is 21.4. The van der Waals surface area contributed by atoms with Crippen molar-refractivity contribution in [3.63, 3.8) is 0 Å². The van der Waals surface area contributed by atoms with Crippen molar-refractivity contribution in [2.45, 2.75) is 39.5 Å². The lowest BCUT2D eigenvalue weighted by atomic mass is 10.1. The molecule has 0 aromatic heterocycles. The Hall–Kier alpha value is -1.92. The Morgan fingerprint density at radius 3 is 2.63 bits per heavy atom. The molecule has 2 rings (SSSR count). The van der Waals surface area contributed by atoms with Crippen molar-refractivity contribution in [3.05, 3.63) is 29.8 Å². The molecule has 1 saturated heterocycles. The number of rotatable bonds is 10. The molecule has 1 N–H and O–H groups in total. The van der Waals surface area contributed by atoms with Crippen LogP contribution in [0.15, 0.2) is 24.3 Å². The van der Waals surface area contributed by atoms with E-state index in [0.717, 1.165) is 52.2 Å². The van der Waals surface area contributed by atoms with Gasteiger partial charge in [-0.3, -0.25) is 9.69 Å². The van der Waals surface area contributed by atoms with Crippen molar-refractivity contribution in [3.8, 4) is 0 Å². The van der Waals surface area contributed by atoms with Crippen molar-refractivity contribution in [1.82, 2.24) is 9.80 Å². The molecule has 0 aliphatic carbocycles. The zero-order chi connectivity index (χ0) is 19.5. The van der Waals surface area contributed by atoms with Crippen LogP contribution in [0, 0.1) is 0 Å². The van der Waals surface area contributed by atoms with Crippen LogP contribution < -0.4 is 5.32 Å². The highest BCUT2D eigenvalue weighted by molar-refractivity contribution is 5.96. The topological polar surface area (TPSA) is 61.9 Å². The molecule has 0 saturated carbocycles. The van der Waals surface area contributed by atoms with Crippen molar-refractivity contribution in [2.75, 3.05) is 51.3 Å². The quantitative estimate of drug-likeness (QED) is 0.501. The zero-order valence-corrected chi connectivity index (χ0v) is 16.7. The number of hydrogen-bond donors (Lipinski definition) is 1. The molecule has 0 bridgehead atoms. The number of urea groups is 1. The van der Waals surface area contributed by atoms with Crippen LogP contribution in [0.3, 0.4) is 0 Å². The second-order valence-electron chi connectivity index (χ2n) is 7.07. The number of nitrogens with zero attached hydrogens (tertiary/aromatic N) is 2. The monoisotopic (exact) mass is 375 g/mol. The highest BCUT2D eigenvalue weighted by Gasteiger charge is 2.17. The summed E-state index contributed by atoms with van der Waals surface area (Å²) < 4.78 is 5.39. The van der Waals surface area contributed by atoms with Gasteiger partial charge in [0.2, 0.25) is 0 Å². The van der Waals surface area contributed by atoms with E-state index in [1.54, 1.807) is 18.2 Å². The van der Waals surface area contributed by atoms with Crippen LogP contribution in [-0.2, 0) is 4.74 Å². The number of unbranched alkanes of at least 4 members (excludes halogenated alkanes) is 3. The molecule has 0 unspecified atom stereocenters. The Morgan fingerprint density at radius 1 is 1.15 bits per heavy atom. The van der Waals surface area contributed by atoms with Crippen LogP contribution in [0.5, 0.6) is 0 Å². The molecule has 2 amide bonds. The van der Waals surface area contributed by atoms with E-state index in [2.05, 4.69) is 17.1 Å². The van der Waals surface area contributed by atoms with Gasteiger partial charge in [0.25, 0.3) is 0 Å². The van der Waals surface area contributed by atoms with Crippen molar-refractivity contribution in [1.29, 1.82) is 0 Å². The molecule has 0 atom stereocenters. The molecule has 1 aromatic rings. The number of carbonyl (C=O) groups is 2. The number of morpholine rings is 1. The molecule has 1 aliphatic rings. The molecule has 0 radical (unpaired) electrons. The molecular weight excluding hydrogens is 342 g/mol. The highest BCUT2D eigenvalue weighted by Crippen LogP contribution is 2.13. The van der Waals surface area contributed by atoms with Gasteiger partial charge in [-0.05, 0) is 25.5 Å². The van der Waals surface area contributed by atoms with E-state index in [1.807, 2.05) is 11.0 Å². The van der Waals surface area contributed by atoms with E-state index in [1.165, 1.54) is 19.8 Å². The minimum absolute atomic E-state index is 0.00478. The number of ether oxygens (including phenoxy) is 1. The molecule has 1 aromatic carbocycles. The number of ketones is 1. The standard InChI is InChI=1S/C21H33N3O3/c1-3-4-5-6-10-24(12-11-23-13-15-27-16-14-23)21(26)22-20-9-7-8-19(17-20)18(2)25/h7-9,17H,3-6,10-16H2,1-2H3,(H,22,26). The summed E-state index contributed by atoms with van der Waals surface area (Å²) >= 11 is 0. The van der Waals surface area contributed by atoms with Gasteiger partial charge in [-0.2, -0.15) is 0 Å². The van der Waals surface area contributed by atoms with Crippen molar-refractivity contribution >= 4 is 17.5 Å². The summed E-state index contributed by atoms with van der Waals surface area (Å²) in [5.74, 6) is -0.00478. The predicted molar refractivity (Wildman–Crippen MR) is 108 cm³/mol. The normalized spacial score (nSPS) is 14.7. The molecule has 1 fully saturated rings. The van der Waals surface area contributed by atoms with Crippen LogP contribution in [-0.4, -0.2) is 67.6 Å². The van der Waals surface area contributed by atoms with Crippen LogP contribution in [0.2, 0.25) is 0 Å². The average Bonchev–Trinajstić information content (AvgIpc) is 2.68. The minimum atomic E-state index is -0.0968. The molecule has 1 heterocycles. The SMILES string of the molecule is CCCCCCN(CCN1CCOCC1)C(=O)Nc1cccc(C(C)=O)c1. The molecule has 150 valence electrons. The molecule has 6 nitrogen and oxygen atoms in total. The molecule has 0 spiro atoms. The number of benzene rings is 1. The number of hydrogen-bond acceptors (Lipinski definition) is 4. The highest BCUT2D eigenvalue weighted by atomic mass is 16.5. The molecular formula is C21H33N3O3. The fourth-order valence-electron chi connectivity index (χ4n) is 3.15. The van der Waals surface area contributed by atoms with Gasteiger partial charge in [-0.15, -0.1) is 0 Å². The van der Waals surface area contributed by atoms with E-state index in [-0.39, 0.29) is 11.8 Å². The first-order valence-electron chi connectivity index (χ1n) is 10.1. The number of nitrogens with one attached hydrogen (secondary N) is 1. The van der Waals surface area contributed by atoms with E-state index in [4.69, 9.17) is 4.74 Å². The maximum absolute atomic E-state index is 12.8. The maximum atomic E-state index is 12.8. The smallest absolute Gasteiger partial charge is 0.321 e. The zero-order valence-electron chi connectivity index (χ0n) is 16.7. The van der Waals surface area contributed by atoms with Crippen LogP contribution in [0.25, 0.3) is 0 Å². The van der Waals surface area contributed by atoms with E-state index >= 15 is 0 Å². The molecule has 1 aliphatic heterocycles. The summed E-state index contributed by atoms with van der Waals surface area (Å²) in [5.41, 5.74) is 1.27. The lowest BCUT2D eigenvalue weighted by Crippen LogP contribution is -2.44. The first-order chi connectivity index (χ1) is 13.1. The van der Waals surface area contributed by atoms with Crippen LogP contribution in [0.1, 0.15) is 49.9 Å². The Bertz CT molecular complexity index is 600. The van der Waals surface area contributed by atoms with Crippen molar-refractivity contribution in [2.24, 2.45) is 0 Å².